The molecule has 1 rings (SSSR count). The number of halogens is 1. The smallest absolute Gasteiger partial charge is 0.254 e. The van der Waals surface area contributed by atoms with Gasteiger partial charge in [-0.05, 0) is 31.3 Å². The fourth-order valence-corrected chi connectivity index (χ4v) is 1.80. The topological polar surface area (TPSA) is 61.4 Å². The summed E-state index contributed by atoms with van der Waals surface area (Å²) in [4.78, 5) is 25.4. The Hall–Kier alpha value is -2.11. The average Bonchev–Trinajstić information content (AvgIpc) is 2.47. The number of nitrogens with one attached hydrogen (secondary N) is 2. The van der Waals surface area contributed by atoms with Crippen LogP contribution >= 0.6 is 12.4 Å². The number of benzene rings is 1. The van der Waals surface area contributed by atoms with Gasteiger partial charge in [-0.2, -0.15) is 0 Å². The van der Waals surface area contributed by atoms with Crippen molar-refractivity contribution in [1.29, 1.82) is 0 Å². The predicted molar refractivity (Wildman–Crippen MR) is 92.5 cm³/mol. The van der Waals surface area contributed by atoms with Gasteiger partial charge in [0, 0.05) is 24.3 Å². The lowest BCUT2D eigenvalue weighted by Crippen LogP contribution is -2.31. The van der Waals surface area contributed by atoms with Gasteiger partial charge >= 0.3 is 0 Å². The number of rotatable bonds is 8. The highest BCUT2D eigenvalue weighted by Gasteiger charge is 2.13. The molecule has 0 fully saturated rings. The maximum Gasteiger partial charge on any atom is 0.254 e. The van der Waals surface area contributed by atoms with Crippen molar-refractivity contribution in [3.05, 3.63) is 55.1 Å². The molecule has 0 aliphatic heterocycles. The maximum atomic E-state index is 12.3. The molecule has 0 spiro atoms. The van der Waals surface area contributed by atoms with Crippen molar-refractivity contribution >= 4 is 29.9 Å². The van der Waals surface area contributed by atoms with Gasteiger partial charge < -0.3 is 15.5 Å². The molecule has 0 saturated carbocycles. The second-order valence-corrected chi connectivity index (χ2v) is 4.44. The minimum atomic E-state index is -0.128. The SMILES string of the molecule is C=CCN(CC=C)C(=O)c1ccc(NC(=O)CNC)cc1.Cl. The van der Waals surface area contributed by atoms with Crippen LogP contribution in [0.1, 0.15) is 10.4 Å². The van der Waals surface area contributed by atoms with Crippen molar-refractivity contribution in [2.75, 3.05) is 32.0 Å². The summed E-state index contributed by atoms with van der Waals surface area (Å²) in [6.07, 6.45) is 3.35. The quantitative estimate of drug-likeness (QED) is 0.720. The van der Waals surface area contributed by atoms with Crippen LogP contribution in [0.4, 0.5) is 5.69 Å². The molecule has 0 heterocycles. The highest BCUT2D eigenvalue weighted by atomic mass is 35.5. The van der Waals surface area contributed by atoms with E-state index in [-0.39, 0.29) is 30.8 Å². The number of hydrogen-bond acceptors (Lipinski definition) is 3. The Kier molecular flexibility index (Phi) is 9.58. The number of anilines is 1. The fraction of sp³-hybridized carbons (Fsp3) is 0.250. The molecule has 0 radical (unpaired) electrons. The Morgan fingerprint density at radius 2 is 1.68 bits per heavy atom. The third kappa shape index (κ3) is 6.11. The lowest BCUT2D eigenvalue weighted by molar-refractivity contribution is -0.115. The van der Waals surface area contributed by atoms with E-state index in [1.54, 1.807) is 48.4 Å². The standard InChI is InChI=1S/C16H21N3O2.ClH/c1-4-10-19(11-5-2)16(21)13-6-8-14(9-7-13)18-15(20)12-17-3;/h4-9,17H,1-2,10-12H2,3H3,(H,18,20);1H. The van der Waals surface area contributed by atoms with Gasteiger partial charge in [0.25, 0.3) is 5.91 Å². The molecule has 0 aliphatic rings. The Balaban J connectivity index is 0.00000441. The number of carbonyl (C=O) groups is 2. The Bertz CT molecular complexity index is 505. The van der Waals surface area contributed by atoms with Crippen molar-refractivity contribution in [2.24, 2.45) is 0 Å². The van der Waals surface area contributed by atoms with E-state index in [9.17, 15) is 9.59 Å². The predicted octanol–water partition coefficient (Wildman–Crippen LogP) is 2.08. The molecule has 22 heavy (non-hydrogen) atoms. The van der Waals surface area contributed by atoms with E-state index in [0.29, 0.717) is 24.3 Å². The Morgan fingerprint density at radius 3 is 2.14 bits per heavy atom. The lowest BCUT2D eigenvalue weighted by atomic mass is 10.1. The molecular weight excluding hydrogens is 302 g/mol. The van der Waals surface area contributed by atoms with E-state index in [1.807, 2.05) is 0 Å². The van der Waals surface area contributed by atoms with Crippen molar-refractivity contribution in [2.45, 2.75) is 0 Å². The fourth-order valence-electron chi connectivity index (χ4n) is 1.80. The molecule has 1 aromatic rings. The molecule has 0 bridgehead atoms. The van der Waals surface area contributed by atoms with E-state index in [0.717, 1.165) is 0 Å². The molecule has 2 amide bonds. The van der Waals surface area contributed by atoms with Gasteiger partial charge in [-0.25, -0.2) is 0 Å². The molecule has 0 saturated heterocycles. The molecule has 2 N–H and O–H groups in total. The summed E-state index contributed by atoms with van der Waals surface area (Å²) in [5.74, 6) is -0.223. The average molecular weight is 324 g/mol. The molecule has 6 heteroatoms. The molecule has 0 aliphatic carbocycles. The van der Waals surface area contributed by atoms with Gasteiger partial charge in [-0.15, -0.1) is 25.6 Å². The van der Waals surface area contributed by atoms with Crippen LogP contribution in [-0.2, 0) is 4.79 Å². The number of nitrogens with zero attached hydrogens (tertiary/aromatic N) is 1. The van der Waals surface area contributed by atoms with Crippen molar-refractivity contribution in [3.8, 4) is 0 Å². The Morgan fingerprint density at radius 1 is 1.14 bits per heavy atom. The number of likely N-dealkylation sites (N-methyl/N-ethyl adjacent to an activating group) is 1. The largest absolute Gasteiger partial charge is 0.331 e. The van der Waals surface area contributed by atoms with Crippen LogP contribution in [0.25, 0.3) is 0 Å². The minimum Gasteiger partial charge on any atom is -0.331 e. The van der Waals surface area contributed by atoms with Crippen LogP contribution in [0.15, 0.2) is 49.6 Å². The second-order valence-electron chi connectivity index (χ2n) is 4.44. The normalized spacial score (nSPS) is 9.32. The highest BCUT2D eigenvalue weighted by molar-refractivity contribution is 5.96. The summed E-state index contributed by atoms with van der Waals surface area (Å²) in [5, 5.41) is 5.50. The van der Waals surface area contributed by atoms with E-state index in [1.165, 1.54) is 0 Å². The molecule has 0 unspecified atom stereocenters. The van der Waals surface area contributed by atoms with Gasteiger partial charge in [0.1, 0.15) is 0 Å². The van der Waals surface area contributed by atoms with Crippen LogP contribution in [-0.4, -0.2) is 43.4 Å². The number of amides is 2. The summed E-state index contributed by atoms with van der Waals surface area (Å²) in [5.41, 5.74) is 1.22. The van der Waals surface area contributed by atoms with Crippen LogP contribution in [0.3, 0.4) is 0 Å². The van der Waals surface area contributed by atoms with E-state index >= 15 is 0 Å². The summed E-state index contributed by atoms with van der Waals surface area (Å²) in [7, 11) is 1.70. The van der Waals surface area contributed by atoms with Gasteiger partial charge in [0.05, 0.1) is 6.54 Å². The highest BCUT2D eigenvalue weighted by Crippen LogP contribution is 2.11. The molecule has 5 nitrogen and oxygen atoms in total. The third-order valence-corrected chi connectivity index (χ3v) is 2.74. The summed E-state index contributed by atoms with van der Waals surface area (Å²) < 4.78 is 0. The Labute approximate surface area is 137 Å². The van der Waals surface area contributed by atoms with Crippen LogP contribution < -0.4 is 10.6 Å². The second kappa shape index (κ2) is 10.6. The molecular formula is C16H22ClN3O2. The zero-order chi connectivity index (χ0) is 15.7. The zero-order valence-corrected chi connectivity index (χ0v) is 13.5. The van der Waals surface area contributed by atoms with Crippen molar-refractivity contribution in [3.63, 3.8) is 0 Å². The van der Waals surface area contributed by atoms with Crippen molar-refractivity contribution < 1.29 is 9.59 Å². The molecule has 1 aromatic carbocycles. The summed E-state index contributed by atoms with van der Waals surface area (Å²) in [6.45, 7) is 8.45. The third-order valence-electron chi connectivity index (χ3n) is 2.74. The van der Waals surface area contributed by atoms with Crippen molar-refractivity contribution in [1.82, 2.24) is 10.2 Å². The number of hydrogen-bond donors (Lipinski definition) is 2. The first kappa shape index (κ1) is 19.9. The van der Waals surface area contributed by atoms with Crippen LogP contribution in [0.2, 0.25) is 0 Å². The number of carbonyl (C=O) groups excluding carboxylic acids is 2. The molecule has 120 valence electrons. The lowest BCUT2D eigenvalue weighted by Gasteiger charge is -2.19. The monoisotopic (exact) mass is 323 g/mol. The molecule has 0 aromatic heterocycles. The first-order chi connectivity index (χ1) is 10.1. The van der Waals surface area contributed by atoms with Crippen LogP contribution in [0.5, 0.6) is 0 Å². The first-order valence-corrected chi connectivity index (χ1v) is 6.68. The van der Waals surface area contributed by atoms with Gasteiger partial charge in [0.15, 0.2) is 0 Å². The van der Waals surface area contributed by atoms with E-state index in [2.05, 4.69) is 23.8 Å². The minimum absolute atomic E-state index is 0. The summed E-state index contributed by atoms with van der Waals surface area (Å²) >= 11 is 0. The zero-order valence-electron chi connectivity index (χ0n) is 12.7. The summed E-state index contributed by atoms with van der Waals surface area (Å²) in [6, 6.07) is 6.80. The molecule has 0 atom stereocenters. The van der Waals surface area contributed by atoms with Gasteiger partial charge in [-0.3, -0.25) is 9.59 Å². The maximum absolute atomic E-state index is 12.3. The van der Waals surface area contributed by atoms with E-state index < -0.39 is 0 Å². The van der Waals surface area contributed by atoms with Gasteiger partial charge in [0.2, 0.25) is 5.91 Å². The first-order valence-electron chi connectivity index (χ1n) is 6.68. The van der Waals surface area contributed by atoms with E-state index in [4.69, 9.17) is 0 Å². The van der Waals surface area contributed by atoms with Gasteiger partial charge in [-0.1, -0.05) is 12.2 Å². The van der Waals surface area contributed by atoms with Crippen LogP contribution in [0, 0.1) is 0 Å².